The second-order valence-electron chi connectivity index (χ2n) is 4.41. The number of thioether (sulfide) groups is 1. The summed E-state index contributed by atoms with van der Waals surface area (Å²) in [4.78, 5) is 0. The number of hydrogen-bond donors (Lipinski definition) is 1. The summed E-state index contributed by atoms with van der Waals surface area (Å²) < 4.78 is 1.16. The molecular weight excluding hydrogens is 282 g/mol. The number of hydrogen-bond acceptors (Lipinski definition) is 2. The summed E-state index contributed by atoms with van der Waals surface area (Å²) in [6.07, 6.45) is 1.38. The molecule has 0 radical (unpaired) electrons. The van der Waals surface area contributed by atoms with Gasteiger partial charge in [-0.05, 0) is 55.0 Å². The molecule has 1 aromatic carbocycles. The minimum absolute atomic E-state index is 0.447. The molecule has 1 aliphatic rings. The summed E-state index contributed by atoms with van der Waals surface area (Å²) in [6, 6.07) is 9.00. The van der Waals surface area contributed by atoms with E-state index in [4.69, 9.17) is 0 Å². The lowest BCUT2D eigenvalue weighted by molar-refractivity contribution is 0.477. The van der Waals surface area contributed by atoms with E-state index in [1.807, 2.05) is 0 Å². The Bertz CT molecular complexity index is 336. The van der Waals surface area contributed by atoms with E-state index in [2.05, 4.69) is 64.2 Å². The number of rotatable bonds is 4. The van der Waals surface area contributed by atoms with Crippen LogP contribution >= 0.6 is 27.7 Å². The molecule has 1 nitrogen and oxygen atoms in total. The molecule has 0 aliphatic carbocycles. The van der Waals surface area contributed by atoms with Crippen LogP contribution in [0.1, 0.15) is 24.9 Å². The smallest absolute Gasteiger partial charge is 0.0292 e. The minimum atomic E-state index is 0.447. The van der Waals surface area contributed by atoms with Crippen LogP contribution < -0.4 is 5.32 Å². The van der Waals surface area contributed by atoms with Crippen LogP contribution in [0.15, 0.2) is 28.7 Å². The van der Waals surface area contributed by atoms with Gasteiger partial charge in [0.15, 0.2) is 0 Å². The average molecular weight is 300 g/mol. The highest BCUT2D eigenvalue weighted by atomic mass is 79.9. The first-order valence-electron chi connectivity index (χ1n) is 5.82. The Morgan fingerprint density at radius 2 is 2.44 bits per heavy atom. The summed E-state index contributed by atoms with van der Waals surface area (Å²) >= 11 is 5.60. The van der Waals surface area contributed by atoms with E-state index in [0.29, 0.717) is 6.04 Å². The number of benzene rings is 1. The maximum absolute atomic E-state index is 3.63. The van der Waals surface area contributed by atoms with E-state index >= 15 is 0 Å². The average Bonchev–Trinajstić information content (AvgIpc) is 2.78. The standard InChI is InChI=1S/C13H18BrNS/c1-10(12-3-2-4-13(14)7-12)15-8-11-5-6-16-9-11/h2-4,7,10-11,15H,5-6,8-9H2,1H3/t10-,11?/m1/s1. The first-order valence-corrected chi connectivity index (χ1v) is 7.77. The van der Waals surface area contributed by atoms with E-state index in [0.717, 1.165) is 16.9 Å². The van der Waals surface area contributed by atoms with Crippen LogP contribution in [-0.2, 0) is 0 Å². The fourth-order valence-corrected chi connectivity index (χ4v) is 3.68. The molecule has 0 aromatic heterocycles. The molecule has 88 valence electrons. The molecule has 1 N–H and O–H groups in total. The zero-order valence-corrected chi connectivity index (χ0v) is 12.0. The van der Waals surface area contributed by atoms with Crippen LogP contribution in [0, 0.1) is 5.92 Å². The highest BCUT2D eigenvalue weighted by Crippen LogP contribution is 2.24. The van der Waals surface area contributed by atoms with Crippen molar-refractivity contribution in [2.45, 2.75) is 19.4 Å². The Labute approximate surface area is 111 Å². The van der Waals surface area contributed by atoms with Crippen molar-refractivity contribution in [3.05, 3.63) is 34.3 Å². The maximum Gasteiger partial charge on any atom is 0.0292 e. The third-order valence-corrected chi connectivity index (χ3v) is 4.81. The molecule has 2 atom stereocenters. The zero-order chi connectivity index (χ0) is 11.4. The second kappa shape index (κ2) is 6.08. The molecule has 2 rings (SSSR count). The predicted octanol–water partition coefficient (Wildman–Crippen LogP) is 3.85. The lowest BCUT2D eigenvalue weighted by Gasteiger charge is -2.17. The molecular formula is C13H18BrNS. The Morgan fingerprint density at radius 1 is 1.56 bits per heavy atom. The van der Waals surface area contributed by atoms with Crippen LogP contribution in [0.2, 0.25) is 0 Å². The Morgan fingerprint density at radius 3 is 3.12 bits per heavy atom. The Kier molecular flexibility index (Phi) is 4.74. The molecule has 1 unspecified atom stereocenters. The van der Waals surface area contributed by atoms with E-state index in [1.165, 1.54) is 23.5 Å². The third kappa shape index (κ3) is 3.51. The van der Waals surface area contributed by atoms with Crippen molar-refractivity contribution in [3.8, 4) is 0 Å². The highest BCUT2D eigenvalue weighted by Gasteiger charge is 2.16. The van der Waals surface area contributed by atoms with Gasteiger partial charge in [-0.15, -0.1) is 0 Å². The van der Waals surface area contributed by atoms with Gasteiger partial charge in [0, 0.05) is 10.5 Å². The molecule has 1 heterocycles. The largest absolute Gasteiger partial charge is 0.310 e. The van der Waals surface area contributed by atoms with Gasteiger partial charge in [-0.1, -0.05) is 28.1 Å². The van der Waals surface area contributed by atoms with Crippen molar-refractivity contribution in [1.82, 2.24) is 5.32 Å². The Hall–Kier alpha value is 0.01000. The van der Waals surface area contributed by atoms with Crippen LogP contribution in [0.4, 0.5) is 0 Å². The summed E-state index contributed by atoms with van der Waals surface area (Å²) in [5, 5.41) is 3.63. The minimum Gasteiger partial charge on any atom is -0.310 e. The van der Waals surface area contributed by atoms with Gasteiger partial charge in [-0.2, -0.15) is 11.8 Å². The van der Waals surface area contributed by atoms with Gasteiger partial charge in [-0.25, -0.2) is 0 Å². The fraction of sp³-hybridized carbons (Fsp3) is 0.538. The molecule has 0 spiro atoms. The van der Waals surface area contributed by atoms with E-state index in [9.17, 15) is 0 Å². The van der Waals surface area contributed by atoms with Crippen LogP contribution in [-0.4, -0.2) is 18.1 Å². The van der Waals surface area contributed by atoms with Gasteiger partial charge in [0.05, 0.1) is 0 Å². The van der Waals surface area contributed by atoms with Gasteiger partial charge < -0.3 is 5.32 Å². The van der Waals surface area contributed by atoms with Crippen molar-refractivity contribution in [3.63, 3.8) is 0 Å². The van der Waals surface area contributed by atoms with Crippen LogP contribution in [0.3, 0.4) is 0 Å². The van der Waals surface area contributed by atoms with Crippen LogP contribution in [0.5, 0.6) is 0 Å². The normalized spacial score (nSPS) is 22.2. The monoisotopic (exact) mass is 299 g/mol. The molecule has 1 aliphatic heterocycles. The van der Waals surface area contributed by atoms with Crippen molar-refractivity contribution in [2.24, 2.45) is 5.92 Å². The molecule has 1 saturated heterocycles. The van der Waals surface area contributed by atoms with Crippen molar-refractivity contribution in [2.75, 3.05) is 18.1 Å². The quantitative estimate of drug-likeness (QED) is 0.906. The molecule has 16 heavy (non-hydrogen) atoms. The van der Waals surface area contributed by atoms with Crippen molar-refractivity contribution in [1.29, 1.82) is 0 Å². The maximum atomic E-state index is 3.63. The summed E-state index contributed by atoms with van der Waals surface area (Å²) in [5.74, 6) is 3.55. The summed E-state index contributed by atoms with van der Waals surface area (Å²) in [7, 11) is 0. The second-order valence-corrected chi connectivity index (χ2v) is 6.48. The fourth-order valence-electron chi connectivity index (χ4n) is 1.98. The molecule has 0 amide bonds. The number of nitrogens with one attached hydrogen (secondary N) is 1. The van der Waals surface area contributed by atoms with Crippen molar-refractivity contribution < 1.29 is 0 Å². The first kappa shape index (κ1) is 12.5. The number of halogens is 1. The first-order chi connectivity index (χ1) is 7.75. The van der Waals surface area contributed by atoms with E-state index in [-0.39, 0.29) is 0 Å². The topological polar surface area (TPSA) is 12.0 Å². The molecule has 1 aromatic rings. The SMILES string of the molecule is C[C@@H](NCC1CCSC1)c1cccc(Br)c1. The molecule has 3 heteroatoms. The van der Waals surface area contributed by atoms with Gasteiger partial charge >= 0.3 is 0 Å². The lowest BCUT2D eigenvalue weighted by atomic mass is 10.1. The lowest BCUT2D eigenvalue weighted by Crippen LogP contribution is -2.25. The van der Waals surface area contributed by atoms with Gasteiger partial charge in [-0.3, -0.25) is 0 Å². The molecule has 1 fully saturated rings. The highest BCUT2D eigenvalue weighted by molar-refractivity contribution is 9.10. The van der Waals surface area contributed by atoms with E-state index < -0.39 is 0 Å². The van der Waals surface area contributed by atoms with E-state index in [1.54, 1.807) is 0 Å². The zero-order valence-electron chi connectivity index (χ0n) is 9.58. The van der Waals surface area contributed by atoms with Crippen LogP contribution in [0.25, 0.3) is 0 Å². The van der Waals surface area contributed by atoms with Gasteiger partial charge in [0.25, 0.3) is 0 Å². The molecule has 0 saturated carbocycles. The van der Waals surface area contributed by atoms with Gasteiger partial charge in [0.1, 0.15) is 0 Å². The van der Waals surface area contributed by atoms with Gasteiger partial charge in [0.2, 0.25) is 0 Å². The van der Waals surface area contributed by atoms with Crippen molar-refractivity contribution >= 4 is 27.7 Å². The summed E-state index contributed by atoms with van der Waals surface area (Å²) in [6.45, 7) is 3.39. The molecule has 0 bridgehead atoms. The predicted molar refractivity (Wildman–Crippen MR) is 76.0 cm³/mol. The third-order valence-electron chi connectivity index (χ3n) is 3.09. The Balaban J connectivity index is 1.85. The summed E-state index contributed by atoms with van der Waals surface area (Å²) in [5.41, 5.74) is 1.36.